The van der Waals surface area contributed by atoms with Gasteiger partial charge < -0.3 is 9.64 Å². The molecule has 0 unspecified atom stereocenters. The molecule has 1 amide bonds. The second-order valence-corrected chi connectivity index (χ2v) is 8.55. The number of benzene rings is 1. The summed E-state index contributed by atoms with van der Waals surface area (Å²) in [4.78, 5) is 23.8. The van der Waals surface area contributed by atoms with Crippen LogP contribution in [0.5, 0.6) is 0 Å². The van der Waals surface area contributed by atoms with E-state index in [1.165, 1.54) is 0 Å². The topological polar surface area (TPSA) is 72.1 Å². The van der Waals surface area contributed by atoms with E-state index in [0.717, 1.165) is 67.2 Å². The molecule has 4 heterocycles. The third-order valence-electron chi connectivity index (χ3n) is 6.24. The summed E-state index contributed by atoms with van der Waals surface area (Å²) in [6.07, 6.45) is 3.87. The Morgan fingerprint density at radius 2 is 2.00 bits per heavy atom. The van der Waals surface area contributed by atoms with Crippen molar-refractivity contribution in [1.29, 1.82) is 0 Å². The van der Waals surface area contributed by atoms with Crippen LogP contribution < -0.4 is 0 Å². The molecule has 0 aliphatic carbocycles. The summed E-state index contributed by atoms with van der Waals surface area (Å²) >= 11 is 0. The van der Waals surface area contributed by atoms with Crippen molar-refractivity contribution in [2.45, 2.75) is 32.7 Å². The highest BCUT2D eigenvalue weighted by Gasteiger charge is 2.29. The number of nitrogens with zero attached hydrogens (tertiary/aromatic N) is 5. The Balaban J connectivity index is 1.30. The molecule has 0 N–H and O–H groups in total. The molecule has 0 spiro atoms. The van der Waals surface area contributed by atoms with E-state index in [0.29, 0.717) is 18.5 Å². The lowest BCUT2D eigenvalue weighted by molar-refractivity contribution is -0.135. The number of ether oxygens (including phenoxy) is 1. The van der Waals surface area contributed by atoms with Crippen LogP contribution in [0.1, 0.15) is 38.3 Å². The zero-order valence-corrected chi connectivity index (χ0v) is 17.0. The lowest BCUT2D eigenvalue weighted by Crippen LogP contribution is -2.42. The van der Waals surface area contributed by atoms with E-state index in [2.05, 4.69) is 28.0 Å². The third-order valence-corrected chi connectivity index (χ3v) is 6.24. The molecule has 0 atom stereocenters. The molecule has 1 aromatic heterocycles. The van der Waals surface area contributed by atoms with Gasteiger partial charge in [-0.05, 0) is 18.9 Å². The van der Waals surface area contributed by atoms with Gasteiger partial charge in [0.2, 0.25) is 5.91 Å². The maximum absolute atomic E-state index is 12.2. The first-order valence-electron chi connectivity index (χ1n) is 10.6. The van der Waals surface area contributed by atoms with Crippen molar-refractivity contribution in [1.82, 2.24) is 14.7 Å². The Morgan fingerprint density at radius 1 is 1.21 bits per heavy atom. The fraction of sp³-hybridized carbons (Fsp3) is 0.545. The summed E-state index contributed by atoms with van der Waals surface area (Å²) in [5.74, 6) is 1.57. The SMILES string of the molecule is CC(C)C(=O)N1CCC(C2=NC(c3ccc4cnn(C5COC5)c4c3)=NC2)CC1. The largest absolute Gasteiger partial charge is 0.377 e. The Labute approximate surface area is 170 Å². The molecule has 152 valence electrons. The third kappa shape index (κ3) is 3.37. The van der Waals surface area contributed by atoms with Crippen LogP contribution in [0, 0.1) is 11.8 Å². The van der Waals surface area contributed by atoms with Crippen LogP contribution in [0.3, 0.4) is 0 Å². The van der Waals surface area contributed by atoms with Crippen molar-refractivity contribution in [2.75, 3.05) is 32.8 Å². The van der Waals surface area contributed by atoms with Gasteiger partial charge in [0.15, 0.2) is 5.84 Å². The lowest BCUT2D eigenvalue weighted by atomic mass is 9.91. The number of amidine groups is 1. The first kappa shape index (κ1) is 18.5. The van der Waals surface area contributed by atoms with Crippen LogP contribution in [0.2, 0.25) is 0 Å². The van der Waals surface area contributed by atoms with Crippen molar-refractivity contribution >= 4 is 28.4 Å². The van der Waals surface area contributed by atoms with Crippen LogP contribution in [0.15, 0.2) is 34.4 Å². The molecular weight excluding hydrogens is 366 g/mol. The van der Waals surface area contributed by atoms with E-state index in [9.17, 15) is 4.79 Å². The van der Waals surface area contributed by atoms with E-state index in [1.807, 2.05) is 24.9 Å². The first-order valence-corrected chi connectivity index (χ1v) is 10.6. The number of amides is 1. The molecule has 29 heavy (non-hydrogen) atoms. The van der Waals surface area contributed by atoms with Crippen molar-refractivity contribution in [3.8, 4) is 0 Å². The molecular formula is C22H27N5O2. The summed E-state index contributed by atoms with van der Waals surface area (Å²) in [6.45, 7) is 7.71. The molecule has 7 nitrogen and oxygen atoms in total. The number of rotatable bonds is 4. The maximum Gasteiger partial charge on any atom is 0.225 e. The first-order chi connectivity index (χ1) is 14.1. The van der Waals surface area contributed by atoms with Crippen LogP contribution >= 0.6 is 0 Å². The number of carbonyl (C=O) groups is 1. The minimum atomic E-state index is 0.0696. The lowest BCUT2D eigenvalue weighted by Gasteiger charge is -2.33. The Morgan fingerprint density at radius 3 is 2.69 bits per heavy atom. The van der Waals surface area contributed by atoms with Crippen LogP contribution in [0.25, 0.3) is 10.9 Å². The molecule has 0 saturated carbocycles. The monoisotopic (exact) mass is 393 g/mol. The second kappa shape index (κ2) is 7.37. The van der Waals surface area contributed by atoms with Gasteiger partial charge in [-0.2, -0.15) is 5.10 Å². The van der Waals surface area contributed by atoms with Gasteiger partial charge in [0.1, 0.15) is 0 Å². The van der Waals surface area contributed by atoms with Gasteiger partial charge in [0.05, 0.1) is 37.5 Å². The Kier molecular flexibility index (Phi) is 4.70. The van der Waals surface area contributed by atoms with E-state index in [4.69, 9.17) is 14.7 Å². The molecule has 3 aliphatic heterocycles. The van der Waals surface area contributed by atoms with Crippen LogP contribution in [0.4, 0.5) is 0 Å². The molecule has 2 fully saturated rings. The summed E-state index contributed by atoms with van der Waals surface area (Å²) in [6, 6.07) is 6.65. The summed E-state index contributed by atoms with van der Waals surface area (Å²) in [5.41, 5.74) is 3.32. The molecule has 2 saturated heterocycles. The number of fused-ring (bicyclic) bond motifs is 1. The average Bonchev–Trinajstić information content (AvgIpc) is 3.34. The minimum Gasteiger partial charge on any atom is -0.377 e. The molecule has 5 rings (SSSR count). The number of aliphatic imine (C=N–C) groups is 2. The summed E-state index contributed by atoms with van der Waals surface area (Å²) in [7, 11) is 0. The number of piperidine rings is 1. The van der Waals surface area contributed by atoms with Crippen molar-refractivity contribution in [3.05, 3.63) is 30.0 Å². The van der Waals surface area contributed by atoms with E-state index >= 15 is 0 Å². The Bertz CT molecular complexity index is 994. The van der Waals surface area contributed by atoms with Gasteiger partial charge in [-0.25, -0.2) is 4.99 Å². The number of carbonyl (C=O) groups excluding carboxylic acids is 1. The fourth-order valence-corrected chi connectivity index (χ4v) is 4.37. The molecule has 0 radical (unpaired) electrons. The summed E-state index contributed by atoms with van der Waals surface area (Å²) < 4.78 is 7.38. The van der Waals surface area contributed by atoms with E-state index < -0.39 is 0 Å². The molecule has 1 aromatic carbocycles. The predicted molar refractivity (Wildman–Crippen MR) is 113 cm³/mol. The molecule has 2 aromatic rings. The average molecular weight is 393 g/mol. The quantitative estimate of drug-likeness (QED) is 0.802. The normalized spacial score (nSPS) is 20.9. The van der Waals surface area contributed by atoms with Crippen molar-refractivity contribution in [3.63, 3.8) is 0 Å². The Hall–Kier alpha value is -2.54. The molecule has 3 aliphatic rings. The van der Waals surface area contributed by atoms with Gasteiger partial charge in [0.25, 0.3) is 0 Å². The van der Waals surface area contributed by atoms with Gasteiger partial charge in [-0.1, -0.05) is 26.0 Å². The summed E-state index contributed by atoms with van der Waals surface area (Å²) in [5, 5.41) is 5.67. The standard InChI is InChI=1S/C22H27N5O2/c1-14(2)22(28)26-7-5-15(6-8-26)19-11-23-21(25-19)16-3-4-17-10-24-27(20(17)9-16)18-12-29-13-18/h3-4,9-10,14-15,18H,5-8,11-13H2,1-2H3. The van der Waals surface area contributed by atoms with Gasteiger partial charge in [-0.3, -0.25) is 14.5 Å². The maximum atomic E-state index is 12.2. The smallest absolute Gasteiger partial charge is 0.225 e. The highest BCUT2D eigenvalue weighted by Crippen LogP contribution is 2.26. The number of aromatic nitrogens is 2. The van der Waals surface area contributed by atoms with Crippen molar-refractivity contribution in [2.24, 2.45) is 21.8 Å². The van der Waals surface area contributed by atoms with Gasteiger partial charge in [-0.15, -0.1) is 0 Å². The fourth-order valence-electron chi connectivity index (χ4n) is 4.37. The molecule has 0 bridgehead atoms. The van der Waals surface area contributed by atoms with E-state index in [-0.39, 0.29) is 11.8 Å². The van der Waals surface area contributed by atoms with Crippen LogP contribution in [-0.2, 0) is 9.53 Å². The van der Waals surface area contributed by atoms with Crippen LogP contribution in [-0.4, -0.2) is 65.0 Å². The van der Waals surface area contributed by atoms with Crippen molar-refractivity contribution < 1.29 is 9.53 Å². The van der Waals surface area contributed by atoms with E-state index in [1.54, 1.807) is 0 Å². The van der Waals surface area contributed by atoms with Gasteiger partial charge >= 0.3 is 0 Å². The highest BCUT2D eigenvalue weighted by atomic mass is 16.5. The minimum absolute atomic E-state index is 0.0696. The zero-order chi connectivity index (χ0) is 20.0. The number of likely N-dealkylation sites (tertiary alicyclic amines) is 1. The molecule has 7 heteroatoms. The highest BCUT2D eigenvalue weighted by molar-refractivity contribution is 6.13. The zero-order valence-electron chi connectivity index (χ0n) is 17.0. The predicted octanol–water partition coefficient (Wildman–Crippen LogP) is 2.70. The second-order valence-electron chi connectivity index (χ2n) is 8.55. The number of hydrogen-bond acceptors (Lipinski definition) is 5. The number of hydrogen-bond donors (Lipinski definition) is 0. The van der Waals surface area contributed by atoms with Gasteiger partial charge in [0, 0.05) is 41.6 Å².